The number of carbonyl (C=O) groups is 1. The maximum atomic E-state index is 12.7. The fourth-order valence-corrected chi connectivity index (χ4v) is 5.52. The Morgan fingerprint density at radius 2 is 1.77 bits per heavy atom. The summed E-state index contributed by atoms with van der Waals surface area (Å²) < 4.78 is 27.6. The molecular formula is C23H26N2O3S2. The van der Waals surface area contributed by atoms with E-state index in [0.29, 0.717) is 11.3 Å². The van der Waals surface area contributed by atoms with Gasteiger partial charge in [0.05, 0.1) is 0 Å². The van der Waals surface area contributed by atoms with Crippen LogP contribution in [-0.4, -0.2) is 20.4 Å². The van der Waals surface area contributed by atoms with E-state index in [0.717, 1.165) is 17.8 Å². The zero-order valence-corrected chi connectivity index (χ0v) is 18.9. The molecule has 30 heavy (non-hydrogen) atoms. The molecule has 5 nitrogen and oxygen atoms in total. The van der Waals surface area contributed by atoms with Crippen LogP contribution in [0.4, 0.5) is 5.69 Å². The third-order valence-corrected chi connectivity index (χ3v) is 7.66. The number of carbonyl (C=O) groups excluding carboxylic acids is 1. The summed E-state index contributed by atoms with van der Waals surface area (Å²) in [4.78, 5) is 12.7. The van der Waals surface area contributed by atoms with Crippen LogP contribution in [0.15, 0.2) is 76.3 Å². The second-order valence-electron chi connectivity index (χ2n) is 7.95. The number of benzene rings is 2. The SMILES string of the molecule is CC(CC(C)(C)c1ccccc1)NC(=O)c1cccc(NS(=O)(=O)c2cccs2)c1. The van der Waals surface area contributed by atoms with Crippen LogP contribution in [0.2, 0.25) is 0 Å². The van der Waals surface area contributed by atoms with Gasteiger partial charge in [-0.05, 0) is 54.0 Å². The lowest BCUT2D eigenvalue weighted by molar-refractivity contribution is 0.0934. The van der Waals surface area contributed by atoms with Crippen LogP contribution in [-0.2, 0) is 15.4 Å². The van der Waals surface area contributed by atoms with Crippen molar-refractivity contribution < 1.29 is 13.2 Å². The molecule has 1 amide bonds. The smallest absolute Gasteiger partial charge is 0.271 e. The summed E-state index contributed by atoms with van der Waals surface area (Å²) in [5.74, 6) is -0.233. The van der Waals surface area contributed by atoms with E-state index in [-0.39, 0.29) is 21.6 Å². The highest BCUT2D eigenvalue weighted by Gasteiger charge is 2.24. The zero-order chi connectivity index (χ0) is 21.8. The third kappa shape index (κ3) is 5.49. The van der Waals surface area contributed by atoms with Crippen molar-refractivity contribution in [1.82, 2.24) is 5.32 Å². The molecule has 0 saturated heterocycles. The third-order valence-electron chi connectivity index (χ3n) is 4.89. The van der Waals surface area contributed by atoms with Crippen LogP contribution in [0.1, 0.15) is 43.1 Å². The molecule has 158 valence electrons. The van der Waals surface area contributed by atoms with Crippen LogP contribution in [0, 0.1) is 0 Å². The molecule has 0 aliphatic heterocycles. The maximum absolute atomic E-state index is 12.7. The minimum Gasteiger partial charge on any atom is -0.350 e. The lowest BCUT2D eigenvalue weighted by Crippen LogP contribution is -2.37. The van der Waals surface area contributed by atoms with Crippen molar-refractivity contribution in [2.24, 2.45) is 0 Å². The lowest BCUT2D eigenvalue weighted by atomic mass is 9.79. The molecule has 0 aliphatic rings. The summed E-state index contributed by atoms with van der Waals surface area (Å²) in [6.45, 7) is 6.29. The number of hydrogen-bond donors (Lipinski definition) is 2. The molecular weight excluding hydrogens is 416 g/mol. The normalized spacial score (nSPS) is 12.9. The molecule has 1 unspecified atom stereocenters. The summed E-state index contributed by atoms with van der Waals surface area (Å²) in [6, 6.07) is 19.9. The van der Waals surface area contributed by atoms with Gasteiger partial charge in [-0.3, -0.25) is 9.52 Å². The highest BCUT2D eigenvalue weighted by atomic mass is 32.2. The molecule has 0 saturated carbocycles. The first kappa shape index (κ1) is 22.1. The van der Waals surface area contributed by atoms with Gasteiger partial charge in [-0.1, -0.05) is 56.3 Å². The first-order valence-electron chi connectivity index (χ1n) is 9.70. The van der Waals surface area contributed by atoms with Gasteiger partial charge in [-0.25, -0.2) is 8.42 Å². The molecule has 2 N–H and O–H groups in total. The van der Waals surface area contributed by atoms with Gasteiger partial charge < -0.3 is 5.32 Å². The van der Waals surface area contributed by atoms with E-state index >= 15 is 0 Å². The highest BCUT2D eigenvalue weighted by Crippen LogP contribution is 2.28. The average Bonchev–Trinajstić information content (AvgIpc) is 3.24. The van der Waals surface area contributed by atoms with Gasteiger partial charge in [0.1, 0.15) is 4.21 Å². The van der Waals surface area contributed by atoms with E-state index in [1.54, 1.807) is 41.8 Å². The lowest BCUT2D eigenvalue weighted by Gasteiger charge is -2.29. The van der Waals surface area contributed by atoms with Gasteiger partial charge in [0.15, 0.2) is 0 Å². The Labute approximate surface area is 182 Å². The van der Waals surface area contributed by atoms with Gasteiger partial charge in [0, 0.05) is 17.3 Å². The number of anilines is 1. The summed E-state index contributed by atoms with van der Waals surface area (Å²) in [5.41, 5.74) is 1.89. The van der Waals surface area contributed by atoms with E-state index in [2.05, 4.69) is 36.0 Å². The molecule has 7 heteroatoms. The van der Waals surface area contributed by atoms with Crippen molar-refractivity contribution in [3.8, 4) is 0 Å². The van der Waals surface area contributed by atoms with Crippen LogP contribution < -0.4 is 10.0 Å². The van der Waals surface area contributed by atoms with Gasteiger partial charge in [0.2, 0.25) is 0 Å². The quantitative estimate of drug-likeness (QED) is 0.513. The number of amides is 1. The van der Waals surface area contributed by atoms with E-state index < -0.39 is 10.0 Å². The molecule has 0 spiro atoms. The molecule has 0 radical (unpaired) electrons. The van der Waals surface area contributed by atoms with E-state index in [1.807, 2.05) is 25.1 Å². The molecule has 0 fully saturated rings. The molecule has 0 aliphatic carbocycles. The van der Waals surface area contributed by atoms with Crippen molar-refractivity contribution in [1.29, 1.82) is 0 Å². The first-order chi connectivity index (χ1) is 14.2. The van der Waals surface area contributed by atoms with Gasteiger partial charge in [-0.2, -0.15) is 0 Å². The molecule has 1 atom stereocenters. The number of rotatable bonds is 8. The summed E-state index contributed by atoms with van der Waals surface area (Å²) in [7, 11) is -3.65. The summed E-state index contributed by atoms with van der Waals surface area (Å²) in [6.07, 6.45) is 0.771. The molecule has 1 heterocycles. The Bertz CT molecular complexity index is 1090. The Kier molecular flexibility index (Phi) is 6.63. The minimum atomic E-state index is -3.65. The van der Waals surface area contributed by atoms with Crippen molar-refractivity contribution in [3.05, 3.63) is 83.2 Å². The Hall–Kier alpha value is -2.64. The molecule has 3 rings (SSSR count). The predicted molar refractivity (Wildman–Crippen MR) is 123 cm³/mol. The van der Waals surface area contributed by atoms with Gasteiger partial charge in [0.25, 0.3) is 15.9 Å². The predicted octanol–water partition coefficient (Wildman–Crippen LogP) is 5.04. The zero-order valence-electron chi connectivity index (χ0n) is 17.3. The molecule has 0 bridgehead atoms. The standard InChI is InChI=1S/C23H26N2O3S2/c1-17(16-23(2,3)19-10-5-4-6-11-19)24-22(26)18-9-7-12-20(15-18)25-30(27,28)21-13-8-14-29-21/h4-15,17,25H,16H2,1-3H3,(H,24,26). The Morgan fingerprint density at radius 1 is 1.03 bits per heavy atom. The topological polar surface area (TPSA) is 75.3 Å². The monoisotopic (exact) mass is 442 g/mol. The van der Waals surface area contributed by atoms with Gasteiger partial charge >= 0.3 is 0 Å². The Balaban J connectivity index is 1.66. The molecule has 2 aromatic carbocycles. The van der Waals surface area contributed by atoms with Crippen molar-refractivity contribution >= 4 is 33.0 Å². The van der Waals surface area contributed by atoms with E-state index in [9.17, 15) is 13.2 Å². The number of nitrogens with one attached hydrogen (secondary N) is 2. The average molecular weight is 443 g/mol. The van der Waals surface area contributed by atoms with Crippen LogP contribution >= 0.6 is 11.3 Å². The Morgan fingerprint density at radius 3 is 2.43 bits per heavy atom. The number of thiophene rings is 1. The van der Waals surface area contributed by atoms with Crippen molar-refractivity contribution in [2.45, 2.75) is 42.9 Å². The maximum Gasteiger partial charge on any atom is 0.271 e. The summed E-state index contributed by atoms with van der Waals surface area (Å²) >= 11 is 1.14. The second-order valence-corrected chi connectivity index (χ2v) is 10.8. The minimum absolute atomic E-state index is 0.0563. The first-order valence-corrected chi connectivity index (χ1v) is 12.1. The van der Waals surface area contributed by atoms with Gasteiger partial charge in [-0.15, -0.1) is 11.3 Å². The number of sulfonamides is 1. The largest absolute Gasteiger partial charge is 0.350 e. The number of hydrogen-bond acceptors (Lipinski definition) is 4. The second kappa shape index (κ2) is 9.02. The highest BCUT2D eigenvalue weighted by molar-refractivity contribution is 7.94. The van der Waals surface area contributed by atoms with Crippen molar-refractivity contribution in [3.63, 3.8) is 0 Å². The van der Waals surface area contributed by atoms with Crippen LogP contribution in [0.3, 0.4) is 0 Å². The molecule has 1 aromatic heterocycles. The fourth-order valence-electron chi connectivity index (χ4n) is 3.48. The van der Waals surface area contributed by atoms with Crippen LogP contribution in [0.5, 0.6) is 0 Å². The summed E-state index contributed by atoms with van der Waals surface area (Å²) in [5, 5.41) is 4.73. The fraction of sp³-hybridized carbons (Fsp3) is 0.261. The van der Waals surface area contributed by atoms with Crippen molar-refractivity contribution in [2.75, 3.05) is 4.72 Å². The van der Waals surface area contributed by atoms with E-state index in [4.69, 9.17) is 0 Å². The van der Waals surface area contributed by atoms with E-state index in [1.165, 1.54) is 5.56 Å². The molecule has 3 aromatic rings. The van der Waals surface area contributed by atoms with Crippen LogP contribution in [0.25, 0.3) is 0 Å².